The van der Waals surface area contributed by atoms with Crippen molar-refractivity contribution in [3.8, 4) is 5.75 Å². The third-order valence-electron chi connectivity index (χ3n) is 3.76. The Bertz CT molecular complexity index is 620. The molecule has 0 radical (unpaired) electrons. The van der Waals surface area contributed by atoms with Crippen LogP contribution in [0.4, 0.5) is 5.69 Å². The van der Waals surface area contributed by atoms with E-state index in [4.69, 9.17) is 4.74 Å². The van der Waals surface area contributed by atoms with E-state index in [2.05, 4.69) is 25.2 Å². The van der Waals surface area contributed by atoms with E-state index in [-0.39, 0.29) is 12.5 Å². The third kappa shape index (κ3) is 4.35. The molecule has 0 spiro atoms. The maximum Gasteiger partial charge on any atom is 0.262 e. The molecular formula is C19H23NO2. The molecule has 1 amide bonds. The predicted molar refractivity (Wildman–Crippen MR) is 90.5 cm³/mol. The Kier molecular flexibility index (Phi) is 5.59. The molecule has 0 saturated heterocycles. The van der Waals surface area contributed by atoms with Gasteiger partial charge in [0.15, 0.2) is 6.61 Å². The monoisotopic (exact) mass is 297 g/mol. The lowest BCUT2D eigenvalue weighted by molar-refractivity contribution is -0.118. The van der Waals surface area contributed by atoms with Crippen molar-refractivity contribution in [3.63, 3.8) is 0 Å². The SMILES string of the molecule is CC[C@H](C)c1ccccc1OCC(=O)Nc1ccc(C)cc1. The van der Waals surface area contributed by atoms with E-state index < -0.39 is 0 Å². The summed E-state index contributed by atoms with van der Waals surface area (Å²) in [5.74, 6) is 1.05. The number of rotatable bonds is 6. The van der Waals surface area contributed by atoms with Crippen molar-refractivity contribution < 1.29 is 9.53 Å². The van der Waals surface area contributed by atoms with Crippen LogP contribution in [-0.2, 0) is 4.79 Å². The predicted octanol–water partition coefficient (Wildman–Crippen LogP) is 4.53. The van der Waals surface area contributed by atoms with E-state index in [1.54, 1.807) is 0 Å². The quantitative estimate of drug-likeness (QED) is 0.851. The zero-order valence-corrected chi connectivity index (χ0v) is 13.4. The lowest BCUT2D eigenvalue weighted by Crippen LogP contribution is -2.20. The minimum atomic E-state index is -0.150. The number of anilines is 1. The van der Waals surface area contributed by atoms with E-state index in [0.29, 0.717) is 5.92 Å². The summed E-state index contributed by atoms with van der Waals surface area (Å²) in [7, 11) is 0. The fourth-order valence-corrected chi connectivity index (χ4v) is 2.22. The third-order valence-corrected chi connectivity index (χ3v) is 3.76. The molecule has 0 fully saturated rings. The minimum Gasteiger partial charge on any atom is -0.483 e. The number of para-hydroxylation sites is 1. The van der Waals surface area contributed by atoms with Crippen LogP contribution in [0.5, 0.6) is 5.75 Å². The van der Waals surface area contributed by atoms with Crippen molar-refractivity contribution in [2.45, 2.75) is 33.1 Å². The Morgan fingerprint density at radius 3 is 2.50 bits per heavy atom. The Morgan fingerprint density at radius 2 is 1.82 bits per heavy atom. The van der Waals surface area contributed by atoms with Crippen molar-refractivity contribution in [2.75, 3.05) is 11.9 Å². The molecule has 1 atom stereocenters. The van der Waals surface area contributed by atoms with Gasteiger partial charge in [0.1, 0.15) is 5.75 Å². The number of amides is 1. The number of carbonyl (C=O) groups excluding carboxylic acids is 1. The second-order valence-corrected chi connectivity index (χ2v) is 5.55. The standard InChI is InChI=1S/C19H23NO2/c1-4-15(3)17-7-5-6-8-18(17)22-13-19(21)20-16-11-9-14(2)10-12-16/h5-12,15H,4,13H2,1-3H3,(H,20,21)/t15-/m0/s1. The first kappa shape index (κ1) is 16.1. The second kappa shape index (κ2) is 7.64. The summed E-state index contributed by atoms with van der Waals surface area (Å²) in [5.41, 5.74) is 3.10. The number of benzene rings is 2. The van der Waals surface area contributed by atoms with Crippen LogP contribution < -0.4 is 10.1 Å². The largest absolute Gasteiger partial charge is 0.483 e. The number of nitrogens with one attached hydrogen (secondary N) is 1. The molecule has 0 saturated carbocycles. The van der Waals surface area contributed by atoms with E-state index in [1.165, 1.54) is 0 Å². The summed E-state index contributed by atoms with van der Waals surface area (Å²) in [6.45, 7) is 6.34. The molecule has 0 aromatic heterocycles. The van der Waals surface area contributed by atoms with Crippen LogP contribution in [0.2, 0.25) is 0 Å². The molecule has 116 valence electrons. The maximum absolute atomic E-state index is 12.0. The minimum absolute atomic E-state index is 0.0152. The van der Waals surface area contributed by atoms with Crippen molar-refractivity contribution in [3.05, 3.63) is 59.7 Å². The first-order chi connectivity index (χ1) is 10.6. The van der Waals surface area contributed by atoms with E-state index in [0.717, 1.165) is 29.0 Å². The van der Waals surface area contributed by atoms with Crippen LogP contribution in [0.15, 0.2) is 48.5 Å². The van der Waals surface area contributed by atoms with Crippen molar-refractivity contribution >= 4 is 11.6 Å². The highest BCUT2D eigenvalue weighted by atomic mass is 16.5. The summed E-state index contributed by atoms with van der Waals surface area (Å²) >= 11 is 0. The first-order valence-corrected chi connectivity index (χ1v) is 7.68. The highest BCUT2D eigenvalue weighted by Gasteiger charge is 2.11. The molecule has 0 bridgehead atoms. The summed E-state index contributed by atoms with van der Waals surface area (Å²) in [6, 6.07) is 15.6. The molecule has 2 rings (SSSR count). The van der Waals surface area contributed by atoms with Gasteiger partial charge >= 0.3 is 0 Å². The van der Waals surface area contributed by atoms with Gasteiger partial charge in [-0.25, -0.2) is 0 Å². The van der Waals surface area contributed by atoms with E-state index >= 15 is 0 Å². The first-order valence-electron chi connectivity index (χ1n) is 7.68. The number of carbonyl (C=O) groups is 1. The fraction of sp³-hybridized carbons (Fsp3) is 0.316. The van der Waals surface area contributed by atoms with Crippen molar-refractivity contribution in [2.24, 2.45) is 0 Å². The van der Waals surface area contributed by atoms with Gasteiger partial charge in [-0.15, -0.1) is 0 Å². The van der Waals surface area contributed by atoms with Crippen LogP contribution in [-0.4, -0.2) is 12.5 Å². The molecule has 2 aromatic rings. The number of hydrogen-bond donors (Lipinski definition) is 1. The topological polar surface area (TPSA) is 38.3 Å². The van der Waals surface area contributed by atoms with Gasteiger partial charge in [0.2, 0.25) is 0 Å². The molecule has 0 aliphatic carbocycles. The van der Waals surface area contributed by atoms with Crippen LogP contribution in [0.3, 0.4) is 0 Å². The Morgan fingerprint density at radius 1 is 1.14 bits per heavy atom. The van der Waals surface area contributed by atoms with Gasteiger partial charge in [0.25, 0.3) is 5.91 Å². The Balaban J connectivity index is 1.95. The smallest absolute Gasteiger partial charge is 0.262 e. The highest BCUT2D eigenvalue weighted by Crippen LogP contribution is 2.28. The molecule has 3 nitrogen and oxygen atoms in total. The molecule has 0 heterocycles. The molecule has 22 heavy (non-hydrogen) atoms. The van der Waals surface area contributed by atoms with Crippen molar-refractivity contribution in [1.29, 1.82) is 0 Å². The summed E-state index contributed by atoms with van der Waals surface area (Å²) in [5, 5.41) is 2.84. The van der Waals surface area contributed by atoms with E-state index in [1.807, 2.05) is 49.4 Å². The molecule has 0 aliphatic rings. The zero-order valence-electron chi connectivity index (χ0n) is 13.4. The van der Waals surface area contributed by atoms with Crippen LogP contribution in [0.1, 0.15) is 37.3 Å². The van der Waals surface area contributed by atoms with Gasteiger partial charge in [-0.1, -0.05) is 49.7 Å². The average Bonchev–Trinajstić information content (AvgIpc) is 2.54. The lowest BCUT2D eigenvalue weighted by atomic mass is 9.98. The number of hydrogen-bond acceptors (Lipinski definition) is 2. The molecule has 0 unspecified atom stereocenters. The van der Waals surface area contributed by atoms with Gasteiger partial charge < -0.3 is 10.1 Å². The lowest BCUT2D eigenvalue weighted by Gasteiger charge is -2.15. The Hall–Kier alpha value is -2.29. The van der Waals surface area contributed by atoms with Gasteiger partial charge in [-0.05, 0) is 43.0 Å². The zero-order chi connectivity index (χ0) is 15.9. The normalized spacial score (nSPS) is 11.8. The van der Waals surface area contributed by atoms with Gasteiger partial charge in [0, 0.05) is 5.69 Å². The van der Waals surface area contributed by atoms with Crippen LogP contribution in [0, 0.1) is 6.92 Å². The summed E-state index contributed by atoms with van der Waals surface area (Å²) in [4.78, 5) is 12.0. The summed E-state index contributed by atoms with van der Waals surface area (Å²) < 4.78 is 5.71. The molecule has 0 aliphatic heterocycles. The Labute approximate surface area is 132 Å². The van der Waals surface area contributed by atoms with Gasteiger partial charge in [0.05, 0.1) is 0 Å². The highest BCUT2D eigenvalue weighted by molar-refractivity contribution is 5.91. The van der Waals surface area contributed by atoms with Gasteiger partial charge in [-0.3, -0.25) is 4.79 Å². The average molecular weight is 297 g/mol. The molecule has 2 aromatic carbocycles. The van der Waals surface area contributed by atoms with Crippen LogP contribution >= 0.6 is 0 Å². The molecular weight excluding hydrogens is 274 g/mol. The van der Waals surface area contributed by atoms with E-state index in [9.17, 15) is 4.79 Å². The van der Waals surface area contributed by atoms with Gasteiger partial charge in [-0.2, -0.15) is 0 Å². The number of aryl methyl sites for hydroxylation is 1. The number of ether oxygens (including phenoxy) is 1. The van der Waals surface area contributed by atoms with Crippen molar-refractivity contribution in [1.82, 2.24) is 0 Å². The second-order valence-electron chi connectivity index (χ2n) is 5.55. The van der Waals surface area contributed by atoms with Crippen LogP contribution in [0.25, 0.3) is 0 Å². The maximum atomic E-state index is 12.0. The summed E-state index contributed by atoms with van der Waals surface area (Å²) in [6.07, 6.45) is 1.04. The molecule has 1 N–H and O–H groups in total. The molecule has 3 heteroatoms. The fourth-order valence-electron chi connectivity index (χ4n) is 2.22.